The highest BCUT2D eigenvalue weighted by atomic mass is 19.4. The first-order chi connectivity index (χ1) is 14.6. The first kappa shape index (κ1) is 25.0. The Hall–Kier alpha value is -3.25. The van der Waals surface area contributed by atoms with E-state index in [9.17, 15) is 35.9 Å². The van der Waals surface area contributed by atoms with E-state index in [1.165, 1.54) is 0 Å². The molecule has 2 aromatic rings. The summed E-state index contributed by atoms with van der Waals surface area (Å²) in [4.78, 5) is 23.8. The van der Waals surface area contributed by atoms with Crippen LogP contribution in [0.4, 0.5) is 31.1 Å². The van der Waals surface area contributed by atoms with Gasteiger partial charge in [-0.05, 0) is 39.0 Å². The van der Waals surface area contributed by atoms with Crippen LogP contribution in [0.15, 0.2) is 30.5 Å². The summed E-state index contributed by atoms with van der Waals surface area (Å²) in [7, 11) is 0. The highest BCUT2D eigenvalue weighted by Gasteiger charge is 2.41. The van der Waals surface area contributed by atoms with Gasteiger partial charge in [0, 0.05) is 13.1 Å². The Morgan fingerprint density at radius 2 is 1.62 bits per heavy atom. The number of rotatable bonds is 5. The van der Waals surface area contributed by atoms with E-state index in [1.54, 1.807) is 20.8 Å². The van der Waals surface area contributed by atoms with Gasteiger partial charge in [0.25, 0.3) is 5.91 Å². The summed E-state index contributed by atoms with van der Waals surface area (Å²) in [5, 5.41) is 7.98. The zero-order valence-corrected chi connectivity index (χ0v) is 17.2. The van der Waals surface area contributed by atoms with Crippen LogP contribution < -0.4 is 10.6 Å². The number of hydrogen-bond acceptors (Lipinski definition) is 4. The fourth-order valence-electron chi connectivity index (χ4n) is 2.55. The smallest absolute Gasteiger partial charge is 0.434 e. The third kappa shape index (κ3) is 6.62. The van der Waals surface area contributed by atoms with Crippen LogP contribution in [0, 0.1) is 0 Å². The number of alkyl halides is 6. The molecule has 176 valence electrons. The number of amides is 2. The summed E-state index contributed by atoms with van der Waals surface area (Å²) in [5.41, 5.74) is -4.86. The van der Waals surface area contributed by atoms with Gasteiger partial charge in [-0.15, -0.1) is 0 Å². The quantitative estimate of drug-likeness (QED) is 0.512. The molecule has 0 fully saturated rings. The van der Waals surface area contributed by atoms with Crippen molar-refractivity contribution in [2.75, 3.05) is 13.1 Å². The van der Waals surface area contributed by atoms with Crippen LogP contribution in [0.25, 0.3) is 5.69 Å². The molecule has 0 aliphatic heterocycles. The molecule has 0 aliphatic carbocycles. The van der Waals surface area contributed by atoms with Gasteiger partial charge >= 0.3 is 18.4 Å². The number of carbonyl (C=O) groups is 2. The number of halogens is 6. The molecule has 1 aromatic carbocycles. The molecule has 0 atom stereocenters. The van der Waals surface area contributed by atoms with E-state index in [4.69, 9.17) is 4.74 Å². The second kappa shape index (κ2) is 9.09. The summed E-state index contributed by atoms with van der Waals surface area (Å²) < 4.78 is 84.9. The van der Waals surface area contributed by atoms with Gasteiger partial charge in [-0.1, -0.05) is 6.07 Å². The Morgan fingerprint density at radius 1 is 1.00 bits per heavy atom. The maximum Gasteiger partial charge on any atom is 0.434 e. The Labute approximate surface area is 178 Å². The van der Waals surface area contributed by atoms with E-state index in [0.29, 0.717) is 18.3 Å². The zero-order valence-electron chi connectivity index (χ0n) is 17.2. The number of nitrogens with one attached hydrogen (secondary N) is 2. The Balaban J connectivity index is 2.19. The number of hydrogen-bond donors (Lipinski definition) is 2. The average Bonchev–Trinajstić information content (AvgIpc) is 3.09. The SMILES string of the molecule is CC(C)(C)OC(=O)NCCNC(=O)c1cnn(-c2cccc(C(F)(F)F)c2)c1C(F)(F)F. The number of benzene rings is 1. The molecule has 2 rings (SSSR count). The monoisotopic (exact) mass is 466 g/mol. The van der Waals surface area contributed by atoms with Gasteiger partial charge < -0.3 is 15.4 Å². The van der Waals surface area contributed by atoms with Crippen molar-refractivity contribution in [3.8, 4) is 5.69 Å². The molecule has 0 bridgehead atoms. The van der Waals surface area contributed by atoms with Crippen molar-refractivity contribution >= 4 is 12.0 Å². The molecule has 1 heterocycles. The molecule has 0 unspecified atom stereocenters. The van der Waals surface area contributed by atoms with Gasteiger partial charge in [0.05, 0.1) is 23.0 Å². The first-order valence-electron chi connectivity index (χ1n) is 9.17. The zero-order chi connectivity index (χ0) is 24.3. The minimum Gasteiger partial charge on any atom is -0.444 e. The van der Waals surface area contributed by atoms with E-state index in [0.717, 1.165) is 12.1 Å². The number of aromatic nitrogens is 2. The highest BCUT2D eigenvalue weighted by Crippen LogP contribution is 2.35. The van der Waals surface area contributed by atoms with Gasteiger partial charge in [-0.3, -0.25) is 4.79 Å². The lowest BCUT2D eigenvalue weighted by Gasteiger charge is -2.19. The maximum atomic E-state index is 13.6. The van der Waals surface area contributed by atoms with E-state index in [1.807, 2.05) is 0 Å². The fraction of sp³-hybridized carbons (Fsp3) is 0.421. The fourth-order valence-corrected chi connectivity index (χ4v) is 2.55. The van der Waals surface area contributed by atoms with E-state index in [2.05, 4.69) is 15.7 Å². The van der Waals surface area contributed by atoms with Crippen LogP contribution in [-0.2, 0) is 17.1 Å². The maximum absolute atomic E-state index is 13.6. The van der Waals surface area contributed by atoms with E-state index < -0.39 is 52.5 Å². The molecule has 1 aromatic heterocycles. The molecule has 0 saturated heterocycles. The molecule has 13 heteroatoms. The normalized spacial score (nSPS) is 12.4. The molecule has 0 radical (unpaired) electrons. The van der Waals surface area contributed by atoms with Crippen molar-refractivity contribution in [1.29, 1.82) is 0 Å². The largest absolute Gasteiger partial charge is 0.444 e. The van der Waals surface area contributed by atoms with Crippen molar-refractivity contribution in [2.24, 2.45) is 0 Å². The topological polar surface area (TPSA) is 85.2 Å². The van der Waals surface area contributed by atoms with Gasteiger partial charge in [-0.25, -0.2) is 9.48 Å². The number of carbonyl (C=O) groups excluding carboxylic acids is 2. The first-order valence-corrected chi connectivity index (χ1v) is 9.17. The second-order valence-corrected chi connectivity index (χ2v) is 7.55. The van der Waals surface area contributed by atoms with Crippen LogP contribution in [0.2, 0.25) is 0 Å². The molecule has 32 heavy (non-hydrogen) atoms. The van der Waals surface area contributed by atoms with Gasteiger partial charge in [-0.2, -0.15) is 31.4 Å². The van der Waals surface area contributed by atoms with Gasteiger partial charge in [0.15, 0.2) is 5.69 Å². The van der Waals surface area contributed by atoms with Crippen molar-refractivity contribution in [3.63, 3.8) is 0 Å². The Morgan fingerprint density at radius 3 is 2.19 bits per heavy atom. The third-order valence-electron chi connectivity index (χ3n) is 3.78. The minimum absolute atomic E-state index is 0.135. The van der Waals surface area contributed by atoms with E-state index in [-0.39, 0.29) is 17.8 Å². The Kier molecular flexibility index (Phi) is 7.10. The van der Waals surface area contributed by atoms with Crippen LogP contribution in [0.3, 0.4) is 0 Å². The Bertz CT molecular complexity index is 977. The minimum atomic E-state index is -5.09. The molecule has 2 amide bonds. The molecule has 0 aliphatic rings. The second-order valence-electron chi connectivity index (χ2n) is 7.55. The number of alkyl carbamates (subject to hydrolysis) is 1. The van der Waals surface area contributed by atoms with E-state index >= 15 is 0 Å². The van der Waals surface area contributed by atoms with Crippen molar-refractivity contribution in [2.45, 2.75) is 38.7 Å². The van der Waals surface area contributed by atoms with Crippen molar-refractivity contribution in [1.82, 2.24) is 20.4 Å². The highest BCUT2D eigenvalue weighted by molar-refractivity contribution is 5.95. The number of ether oxygens (including phenoxy) is 1. The van der Waals surface area contributed by atoms with Crippen LogP contribution >= 0.6 is 0 Å². The summed E-state index contributed by atoms with van der Waals surface area (Å²) >= 11 is 0. The summed E-state index contributed by atoms with van der Waals surface area (Å²) in [6, 6.07) is 3.13. The van der Waals surface area contributed by atoms with Crippen molar-refractivity contribution < 1.29 is 40.7 Å². The van der Waals surface area contributed by atoms with Crippen molar-refractivity contribution in [3.05, 3.63) is 47.3 Å². The lowest BCUT2D eigenvalue weighted by molar-refractivity contribution is -0.143. The summed E-state index contributed by atoms with van der Waals surface area (Å²) in [6.07, 6.45) is -10.0. The third-order valence-corrected chi connectivity index (χ3v) is 3.78. The van der Waals surface area contributed by atoms with Crippen LogP contribution in [0.5, 0.6) is 0 Å². The predicted molar refractivity (Wildman–Crippen MR) is 100 cm³/mol. The molecule has 2 N–H and O–H groups in total. The summed E-state index contributed by atoms with van der Waals surface area (Å²) in [5.74, 6) is -1.17. The predicted octanol–water partition coefficient (Wildman–Crippen LogP) is 4.16. The van der Waals surface area contributed by atoms with Gasteiger partial charge in [0.1, 0.15) is 5.60 Å². The molecule has 7 nitrogen and oxygen atoms in total. The standard InChI is InChI=1S/C19H20F6N4O3/c1-17(2,3)32-16(31)27-8-7-26-15(30)13-10-28-29(14(13)19(23,24)25)12-6-4-5-11(9-12)18(20,21)22/h4-6,9-10H,7-8H2,1-3H3,(H,26,30)(H,27,31). The molecule has 0 saturated carbocycles. The molecular formula is C19H20F6N4O3. The molecular weight excluding hydrogens is 446 g/mol. The summed E-state index contributed by atoms with van der Waals surface area (Å²) in [6.45, 7) is 4.53. The van der Waals surface area contributed by atoms with Crippen LogP contribution in [-0.4, -0.2) is 40.5 Å². The molecule has 0 spiro atoms. The average molecular weight is 466 g/mol. The number of nitrogens with zero attached hydrogens (tertiary/aromatic N) is 2. The van der Waals surface area contributed by atoms with Crippen LogP contribution in [0.1, 0.15) is 42.4 Å². The lowest BCUT2D eigenvalue weighted by Crippen LogP contribution is -2.38. The van der Waals surface area contributed by atoms with Gasteiger partial charge in [0.2, 0.25) is 0 Å². The lowest BCUT2D eigenvalue weighted by atomic mass is 10.1.